The number of anilines is 1. The highest BCUT2D eigenvalue weighted by atomic mass is 15.1. The molecule has 1 aromatic carbocycles. The van der Waals surface area contributed by atoms with Crippen molar-refractivity contribution >= 4 is 5.69 Å². The highest BCUT2D eigenvalue weighted by Crippen LogP contribution is 2.17. The molecule has 6 nitrogen and oxygen atoms in total. The Hall–Kier alpha value is -3.56. The fourth-order valence-electron chi connectivity index (χ4n) is 1.96. The largest absolute Gasteiger partial charge is 0.345 e. The van der Waals surface area contributed by atoms with Crippen LogP contribution in [-0.2, 0) is 6.42 Å². The van der Waals surface area contributed by atoms with Crippen molar-refractivity contribution in [3.05, 3.63) is 53.8 Å². The van der Waals surface area contributed by atoms with Crippen LogP contribution in [0.2, 0.25) is 0 Å². The van der Waals surface area contributed by atoms with Crippen molar-refractivity contribution in [2.75, 3.05) is 5.32 Å². The smallest absolute Gasteiger partial charge is 0.163 e. The normalized spacial score (nSPS) is 9.18. The van der Waals surface area contributed by atoms with Crippen LogP contribution in [0.25, 0.3) is 5.69 Å². The first-order chi connectivity index (χ1) is 10.7. The highest BCUT2D eigenvalue weighted by Gasteiger charge is 2.07. The van der Waals surface area contributed by atoms with Crippen LogP contribution in [0.15, 0.2) is 47.9 Å². The van der Waals surface area contributed by atoms with Crippen molar-refractivity contribution in [1.82, 2.24) is 9.55 Å². The van der Waals surface area contributed by atoms with E-state index in [-0.39, 0.29) is 11.3 Å². The Morgan fingerprint density at radius 2 is 1.82 bits per heavy atom. The van der Waals surface area contributed by atoms with Gasteiger partial charge in [-0.05, 0) is 24.3 Å². The number of nitriles is 3. The molecule has 0 fully saturated rings. The molecule has 0 saturated carbocycles. The maximum atomic E-state index is 9.01. The van der Waals surface area contributed by atoms with Crippen molar-refractivity contribution in [1.29, 1.82) is 15.8 Å². The highest BCUT2D eigenvalue weighted by molar-refractivity contribution is 5.59. The van der Waals surface area contributed by atoms with Gasteiger partial charge in [-0.3, -0.25) is 0 Å². The second-order valence-corrected chi connectivity index (χ2v) is 4.32. The van der Waals surface area contributed by atoms with Gasteiger partial charge in [-0.1, -0.05) is 6.92 Å². The molecule has 1 N–H and O–H groups in total. The lowest BCUT2D eigenvalue weighted by atomic mass is 10.2. The molecule has 0 bridgehead atoms. The Morgan fingerprint density at radius 1 is 1.14 bits per heavy atom. The quantitative estimate of drug-likeness (QED) is 0.871. The molecule has 0 aliphatic carbocycles. The Bertz CT molecular complexity index is 805. The summed E-state index contributed by atoms with van der Waals surface area (Å²) in [6, 6.07) is 12.5. The number of rotatable bonds is 4. The minimum atomic E-state index is -0.241. The van der Waals surface area contributed by atoms with Gasteiger partial charge in [0, 0.05) is 30.2 Å². The summed E-state index contributed by atoms with van der Waals surface area (Å²) in [6.45, 7) is 2.03. The van der Waals surface area contributed by atoms with Gasteiger partial charge in [0.05, 0.1) is 0 Å². The van der Waals surface area contributed by atoms with Crippen molar-refractivity contribution in [2.24, 2.45) is 0 Å². The van der Waals surface area contributed by atoms with Crippen LogP contribution < -0.4 is 5.32 Å². The molecule has 2 aromatic rings. The lowest BCUT2D eigenvalue weighted by molar-refractivity contribution is 0.891. The van der Waals surface area contributed by atoms with Gasteiger partial charge in [-0.25, -0.2) is 4.98 Å². The van der Waals surface area contributed by atoms with Gasteiger partial charge in [0.15, 0.2) is 5.57 Å². The fraction of sp³-hybridized carbons (Fsp3) is 0.125. The van der Waals surface area contributed by atoms with Crippen LogP contribution in [0.3, 0.4) is 0 Å². The van der Waals surface area contributed by atoms with Crippen LogP contribution in [0.1, 0.15) is 12.7 Å². The predicted octanol–water partition coefficient (Wildman–Crippen LogP) is 2.67. The van der Waals surface area contributed by atoms with Gasteiger partial charge < -0.3 is 9.88 Å². The molecule has 22 heavy (non-hydrogen) atoms. The third-order valence-electron chi connectivity index (χ3n) is 3.03. The second kappa shape index (κ2) is 6.74. The summed E-state index contributed by atoms with van der Waals surface area (Å²) < 4.78 is 1.97. The van der Waals surface area contributed by atoms with Gasteiger partial charge in [0.1, 0.15) is 29.7 Å². The van der Waals surface area contributed by atoms with Gasteiger partial charge in [-0.15, -0.1) is 0 Å². The number of allylic oxidation sites excluding steroid dienone is 2. The van der Waals surface area contributed by atoms with Crippen LogP contribution in [-0.4, -0.2) is 9.55 Å². The summed E-state index contributed by atoms with van der Waals surface area (Å²) in [5.41, 5.74) is 1.27. The average molecular weight is 288 g/mol. The summed E-state index contributed by atoms with van der Waals surface area (Å²) in [5, 5.41) is 29.4. The molecule has 1 aromatic heterocycles. The maximum Gasteiger partial charge on any atom is 0.163 e. The third-order valence-corrected chi connectivity index (χ3v) is 3.03. The summed E-state index contributed by atoms with van der Waals surface area (Å²) in [4.78, 5) is 4.27. The van der Waals surface area contributed by atoms with E-state index in [4.69, 9.17) is 15.8 Å². The number of nitrogens with one attached hydrogen (secondary N) is 1. The molecule has 0 aliphatic rings. The zero-order valence-electron chi connectivity index (χ0n) is 11.9. The summed E-state index contributed by atoms with van der Waals surface area (Å²) >= 11 is 0. The van der Waals surface area contributed by atoms with E-state index in [1.807, 2.05) is 35.9 Å². The fourth-order valence-corrected chi connectivity index (χ4v) is 1.96. The Kier molecular flexibility index (Phi) is 4.55. The Balaban J connectivity index is 2.28. The van der Waals surface area contributed by atoms with Crippen molar-refractivity contribution in [3.8, 4) is 23.9 Å². The molecule has 106 valence electrons. The molecule has 1 heterocycles. The number of imidazole rings is 1. The van der Waals surface area contributed by atoms with E-state index in [0.717, 1.165) is 17.9 Å². The Labute approximate surface area is 128 Å². The minimum Gasteiger partial charge on any atom is -0.345 e. The average Bonchev–Trinajstić information content (AvgIpc) is 3.04. The van der Waals surface area contributed by atoms with E-state index in [1.165, 1.54) is 0 Å². The molecule has 0 aliphatic heterocycles. The van der Waals surface area contributed by atoms with E-state index in [1.54, 1.807) is 30.5 Å². The van der Waals surface area contributed by atoms with Gasteiger partial charge in [-0.2, -0.15) is 15.8 Å². The first-order valence-corrected chi connectivity index (χ1v) is 6.57. The molecule has 2 rings (SSSR count). The van der Waals surface area contributed by atoms with Crippen molar-refractivity contribution in [2.45, 2.75) is 13.3 Å². The van der Waals surface area contributed by atoms with E-state index in [0.29, 0.717) is 5.69 Å². The summed E-state index contributed by atoms with van der Waals surface area (Å²) in [5.74, 6) is 0.953. The monoisotopic (exact) mass is 288 g/mol. The van der Waals surface area contributed by atoms with E-state index < -0.39 is 0 Å². The molecule has 0 amide bonds. The Morgan fingerprint density at radius 3 is 2.36 bits per heavy atom. The molecular formula is C16H12N6. The topological polar surface area (TPSA) is 101 Å². The number of nitrogens with zero attached hydrogens (tertiary/aromatic N) is 5. The molecular weight excluding hydrogens is 276 g/mol. The first-order valence-electron chi connectivity index (χ1n) is 6.57. The maximum absolute atomic E-state index is 9.01. The third kappa shape index (κ3) is 2.95. The van der Waals surface area contributed by atoms with E-state index in [2.05, 4.69) is 10.3 Å². The zero-order valence-corrected chi connectivity index (χ0v) is 11.9. The number of hydrogen-bond donors (Lipinski definition) is 1. The summed E-state index contributed by atoms with van der Waals surface area (Å²) in [6.07, 6.45) is 4.45. The molecule has 0 radical (unpaired) electrons. The van der Waals surface area contributed by atoms with Crippen LogP contribution in [0.4, 0.5) is 5.69 Å². The number of hydrogen-bond acceptors (Lipinski definition) is 5. The minimum absolute atomic E-state index is 0.0605. The molecule has 0 saturated heterocycles. The van der Waals surface area contributed by atoms with E-state index >= 15 is 0 Å². The molecule has 0 atom stereocenters. The number of benzene rings is 1. The SMILES string of the molecule is CCc1nccn1-c1ccc(NC(C#N)=C(C#N)C#N)cc1. The van der Waals surface area contributed by atoms with Gasteiger partial charge in [0.2, 0.25) is 0 Å². The second-order valence-electron chi connectivity index (χ2n) is 4.32. The lowest BCUT2D eigenvalue weighted by Gasteiger charge is -2.09. The van der Waals surface area contributed by atoms with Crippen molar-refractivity contribution in [3.63, 3.8) is 0 Å². The summed E-state index contributed by atoms with van der Waals surface area (Å²) in [7, 11) is 0. The van der Waals surface area contributed by atoms with Gasteiger partial charge >= 0.3 is 0 Å². The lowest BCUT2D eigenvalue weighted by Crippen LogP contribution is -2.02. The van der Waals surface area contributed by atoms with Crippen LogP contribution in [0, 0.1) is 34.0 Å². The van der Waals surface area contributed by atoms with Crippen molar-refractivity contribution < 1.29 is 0 Å². The van der Waals surface area contributed by atoms with E-state index in [9.17, 15) is 0 Å². The zero-order chi connectivity index (χ0) is 15.9. The molecule has 6 heteroatoms. The molecule has 0 spiro atoms. The molecule has 0 unspecified atom stereocenters. The number of aryl methyl sites for hydroxylation is 1. The van der Waals surface area contributed by atoms with Gasteiger partial charge in [0.25, 0.3) is 0 Å². The number of aromatic nitrogens is 2. The first kappa shape index (κ1) is 14.8. The predicted molar refractivity (Wildman–Crippen MR) is 80.4 cm³/mol. The van der Waals surface area contributed by atoms with Crippen LogP contribution in [0.5, 0.6) is 0 Å². The van der Waals surface area contributed by atoms with Crippen LogP contribution >= 0.6 is 0 Å². The standard InChI is InChI=1S/C16H12N6/c1-2-16-20-7-8-22(16)14-5-3-13(4-6-14)21-15(11-19)12(9-17)10-18/h3-8,21H,2H2,1H3.